The zero-order chi connectivity index (χ0) is 16.9. The van der Waals surface area contributed by atoms with Crippen LogP contribution in [0.3, 0.4) is 0 Å². The third-order valence-electron chi connectivity index (χ3n) is 5.00. The Labute approximate surface area is 142 Å². The molecule has 0 aromatic rings. The summed E-state index contributed by atoms with van der Waals surface area (Å²) in [6.45, 7) is 9.13. The van der Waals surface area contributed by atoms with Crippen molar-refractivity contribution in [3.63, 3.8) is 0 Å². The summed E-state index contributed by atoms with van der Waals surface area (Å²) in [7, 11) is -0.665. The summed E-state index contributed by atoms with van der Waals surface area (Å²) in [5.41, 5.74) is -0.0928. The number of carbonyl (C=O) groups excluding carboxylic acids is 1. The van der Waals surface area contributed by atoms with Crippen LogP contribution in [0.5, 0.6) is 0 Å². The van der Waals surface area contributed by atoms with Crippen molar-refractivity contribution in [1.82, 2.24) is 15.1 Å². The minimum absolute atomic E-state index is 0.0928. The third kappa shape index (κ3) is 5.30. The fourth-order valence-corrected chi connectivity index (χ4v) is 4.34. The number of likely N-dealkylation sites (tertiary alicyclic amines) is 1. The van der Waals surface area contributed by atoms with Crippen molar-refractivity contribution in [2.24, 2.45) is 5.92 Å². The smallest absolute Gasteiger partial charge is 0.223 e. The van der Waals surface area contributed by atoms with E-state index in [1.807, 2.05) is 0 Å². The van der Waals surface area contributed by atoms with Crippen LogP contribution < -0.4 is 5.32 Å². The molecule has 1 N–H and O–H groups in total. The van der Waals surface area contributed by atoms with E-state index in [0.717, 1.165) is 50.5 Å². The lowest BCUT2D eigenvalue weighted by Gasteiger charge is -2.41. The van der Waals surface area contributed by atoms with Gasteiger partial charge in [-0.15, -0.1) is 6.42 Å². The second-order valence-electron chi connectivity index (χ2n) is 7.12. The van der Waals surface area contributed by atoms with Gasteiger partial charge in [0.05, 0.1) is 6.54 Å². The molecule has 6 heteroatoms. The number of carbonyl (C=O) groups is 1. The monoisotopic (exact) mass is 339 g/mol. The Hall–Kier alpha value is -0.900. The summed E-state index contributed by atoms with van der Waals surface area (Å²) >= 11 is 0. The number of hydrogen-bond donors (Lipinski definition) is 1. The highest BCUT2D eigenvalue weighted by molar-refractivity contribution is 7.85. The zero-order valence-electron chi connectivity index (χ0n) is 14.3. The predicted octanol–water partition coefficient (Wildman–Crippen LogP) is 0.291. The molecule has 2 aliphatic rings. The molecule has 2 saturated heterocycles. The van der Waals surface area contributed by atoms with Gasteiger partial charge in [-0.25, -0.2) is 0 Å². The lowest BCUT2D eigenvalue weighted by atomic mass is 9.95. The molecule has 0 atom stereocenters. The second kappa shape index (κ2) is 8.27. The molecule has 0 unspecified atom stereocenters. The van der Waals surface area contributed by atoms with Crippen LogP contribution in [-0.4, -0.2) is 76.2 Å². The van der Waals surface area contributed by atoms with Gasteiger partial charge in [0.1, 0.15) is 0 Å². The lowest BCUT2D eigenvalue weighted by molar-refractivity contribution is -0.127. The van der Waals surface area contributed by atoms with Crippen molar-refractivity contribution in [3.05, 3.63) is 0 Å². The molecule has 0 radical (unpaired) electrons. The number of nitrogens with one attached hydrogen (secondary N) is 1. The zero-order valence-corrected chi connectivity index (χ0v) is 15.2. The van der Waals surface area contributed by atoms with Crippen molar-refractivity contribution in [2.75, 3.05) is 50.8 Å². The molecule has 2 rings (SSSR count). The van der Waals surface area contributed by atoms with Crippen LogP contribution >= 0.6 is 0 Å². The highest BCUT2D eigenvalue weighted by atomic mass is 32.2. The molecule has 0 aliphatic carbocycles. The molecule has 23 heavy (non-hydrogen) atoms. The Kier molecular flexibility index (Phi) is 6.63. The topological polar surface area (TPSA) is 52.7 Å². The van der Waals surface area contributed by atoms with E-state index in [0.29, 0.717) is 13.1 Å². The van der Waals surface area contributed by atoms with Gasteiger partial charge in [0.25, 0.3) is 0 Å². The lowest BCUT2D eigenvalue weighted by Crippen LogP contribution is -2.56. The van der Waals surface area contributed by atoms with E-state index < -0.39 is 10.8 Å². The van der Waals surface area contributed by atoms with Gasteiger partial charge in [-0.1, -0.05) is 5.92 Å². The highest BCUT2D eigenvalue weighted by Gasteiger charge is 2.31. The van der Waals surface area contributed by atoms with E-state index in [1.165, 1.54) is 0 Å². The molecule has 1 amide bonds. The maximum Gasteiger partial charge on any atom is 0.223 e. The van der Waals surface area contributed by atoms with Crippen LogP contribution in [-0.2, 0) is 15.6 Å². The molecular weight excluding hydrogens is 310 g/mol. The van der Waals surface area contributed by atoms with Crippen molar-refractivity contribution >= 4 is 16.7 Å². The number of amides is 1. The van der Waals surface area contributed by atoms with Crippen molar-refractivity contribution in [2.45, 2.75) is 32.2 Å². The number of piperidine rings is 1. The maximum atomic E-state index is 12.4. The predicted molar refractivity (Wildman–Crippen MR) is 94.5 cm³/mol. The quantitative estimate of drug-likeness (QED) is 0.732. The molecule has 130 valence electrons. The summed E-state index contributed by atoms with van der Waals surface area (Å²) in [6, 6.07) is 0. The number of nitrogens with zero attached hydrogens (tertiary/aromatic N) is 2. The van der Waals surface area contributed by atoms with E-state index >= 15 is 0 Å². The number of hydrogen-bond acceptors (Lipinski definition) is 4. The van der Waals surface area contributed by atoms with Crippen molar-refractivity contribution in [3.8, 4) is 12.3 Å². The van der Waals surface area contributed by atoms with E-state index in [4.69, 9.17) is 6.42 Å². The molecule has 0 spiro atoms. The molecule has 2 heterocycles. The van der Waals surface area contributed by atoms with Gasteiger partial charge in [-0.2, -0.15) is 0 Å². The Bertz CT molecular complexity index is 469. The van der Waals surface area contributed by atoms with Crippen LogP contribution in [0, 0.1) is 18.3 Å². The van der Waals surface area contributed by atoms with E-state index in [2.05, 4.69) is 34.9 Å². The maximum absolute atomic E-state index is 12.4. The van der Waals surface area contributed by atoms with Gasteiger partial charge in [-0.05, 0) is 39.8 Å². The first-order chi connectivity index (χ1) is 10.9. The molecule has 2 aliphatic heterocycles. The van der Waals surface area contributed by atoms with Crippen LogP contribution in [0.15, 0.2) is 0 Å². The first-order valence-corrected chi connectivity index (χ1v) is 9.95. The molecule has 0 saturated carbocycles. The molecule has 0 bridgehead atoms. The van der Waals surface area contributed by atoms with Gasteiger partial charge < -0.3 is 5.32 Å². The van der Waals surface area contributed by atoms with Crippen molar-refractivity contribution in [1.29, 1.82) is 0 Å². The first kappa shape index (κ1) is 18.4. The minimum atomic E-state index is -0.665. The summed E-state index contributed by atoms with van der Waals surface area (Å²) in [4.78, 5) is 17.0. The van der Waals surface area contributed by atoms with Crippen molar-refractivity contribution < 1.29 is 9.00 Å². The molecule has 0 aromatic carbocycles. The van der Waals surface area contributed by atoms with E-state index in [1.54, 1.807) is 0 Å². The third-order valence-corrected chi connectivity index (χ3v) is 6.28. The summed E-state index contributed by atoms with van der Waals surface area (Å²) in [5.74, 6) is 4.42. The Morgan fingerprint density at radius 1 is 1.26 bits per heavy atom. The van der Waals surface area contributed by atoms with Gasteiger partial charge in [-0.3, -0.25) is 18.8 Å². The molecule has 5 nitrogen and oxygen atoms in total. The van der Waals surface area contributed by atoms with Gasteiger partial charge in [0.2, 0.25) is 5.91 Å². The fraction of sp³-hybridized carbons (Fsp3) is 0.824. The van der Waals surface area contributed by atoms with E-state index in [-0.39, 0.29) is 17.4 Å². The van der Waals surface area contributed by atoms with Crippen LogP contribution in [0.2, 0.25) is 0 Å². The number of terminal acetylenes is 1. The fourth-order valence-electron chi connectivity index (χ4n) is 3.29. The summed E-state index contributed by atoms with van der Waals surface area (Å²) < 4.78 is 11.5. The first-order valence-electron chi connectivity index (χ1n) is 8.46. The number of rotatable bonds is 5. The molecule has 2 fully saturated rings. The van der Waals surface area contributed by atoms with E-state index in [9.17, 15) is 9.00 Å². The van der Waals surface area contributed by atoms with Crippen LogP contribution in [0.4, 0.5) is 0 Å². The average Bonchev–Trinajstić information content (AvgIpc) is 2.54. The standard InChI is InChI=1S/C17H29N3O2S/c1-4-7-19-8-5-15(6-9-19)16(21)18-14-17(2,3)20-10-12-23(22)13-11-20/h1,15H,5-14H2,2-3H3,(H,18,21). The Morgan fingerprint density at radius 3 is 2.43 bits per heavy atom. The van der Waals surface area contributed by atoms with Gasteiger partial charge in [0, 0.05) is 53.4 Å². The molecular formula is C17H29N3O2S. The van der Waals surface area contributed by atoms with Gasteiger partial charge >= 0.3 is 0 Å². The Balaban J connectivity index is 1.75. The Morgan fingerprint density at radius 2 is 1.87 bits per heavy atom. The molecule has 0 aromatic heterocycles. The summed E-state index contributed by atoms with van der Waals surface area (Å²) in [5, 5.41) is 3.13. The highest BCUT2D eigenvalue weighted by Crippen LogP contribution is 2.19. The summed E-state index contributed by atoms with van der Waals surface area (Å²) in [6.07, 6.45) is 7.11. The average molecular weight is 340 g/mol. The second-order valence-corrected chi connectivity index (χ2v) is 8.82. The minimum Gasteiger partial charge on any atom is -0.354 e. The SMILES string of the molecule is C#CCN1CCC(C(=O)NCC(C)(C)N2CCS(=O)CC2)CC1. The largest absolute Gasteiger partial charge is 0.354 e. The van der Waals surface area contributed by atoms with Crippen LogP contribution in [0.25, 0.3) is 0 Å². The normalized spacial score (nSPS) is 22.7. The van der Waals surface area contributed by atoms with Gasteiger partial charge in [0.15, 0.2) is 0 Å². The van der Waals surface area contributed by atoms with Crippen LogP contribution in [0.1, 0.15) is 26.7 Å².